The summed E-state index contributed by atoms with van der Waals surface area (Å²) in [6, 6.07) is 14.2. The van der Waals surface area contributed by atoms with Gasteiger partial charge in [-0.25, -0.2) is 13.2 Å². The van der Waals surface area contributed by atoms with Gasteiger partial charge in [0.1, 0.15) is 11.6 Å². The lowest BCUT2D eigenvalue weighted by Gasteiger charge is -2.33. The zero-order chi connectivity index (χ0) is 24.0. The summed E-state index contributed by atoms with van der Waals surface area (Å²) in [5, 5.41) is 0. The van der Waals surface area contributed by atoms with Crippen LogP contribution in [0.2, 0.25) is 0 Å². The Morgan fingerprint density at radius 1 is 1.03 bits per heavy atom. The number of methoxy groups -OCH3 is 1. The van der Waals surface area contributed by atoms with Gasteiger partial charge in [0.15, 0.2) is 16.5 Å². The third-order valence-electron chi connectivity index (χ3n) is 6.07. The molecule has 3 aromatic rings. The number of carbonyl (C=O) groups excluding carboxylic acids is 2. The highest BCUT2D eigenvalue weighted by molar-refractivity contribution is 8.01. The number of anilines is 1. The van der Waals surface area contributed by atoms with Crippen LogP contribution in [-0.2, 0) is 16.2 Å². The van der Waals surface area contributed by atoms with Gasteiger partial charge in [0.25, 0.3) is 11.8 Å². The van der Waals surface area contributed by atoms with E-state index < -0.39 is 34.1 Å². The molecule has 174 valence electrons. The van der Waals surface area contributed by atoms with Crippen LogP contribution < -0.4 is 9.64 Å². The summed E-state index contributed by atoms with van der Waals surface area (Å²) < 4.78 is 47.1. The molecule has 1 spiro atoms. The van der Waals surface area contributed by atoms with E-state index in [1.807, 2.05) is 0 Å². The molecule has 3 aromatic carbocycles. The predicted octanol–water partition coefficient (Wildman–Crippen LogP) is 4.70. The van der Waals surface area contributed by atoms with Gasteiger partial charge < -0.3 is 14.5 Å². The standard InChI is InChI=1S/C25H19F3N2O3S/c1-33-16-7-9-22-18(13-16)25(24(32)29(22)14-15-6-8-20(27)21(28)12-15)30(10-11-34-25)23(31)17-4-2-3-5-19(17)26/h2-9,12-13H,10-11,14H2,1H3/t25-/m0/s1. The first-order valence-corrected chi connectivity index (χ1v) is 11.5. The van der Waals surface area contributed by atoms with Crippen LogP contribution in [0, 0.1) is 17.5 Å². The Balaban J connectivity index is 1.62. The van der Waals surface area contributed by atoms with Crippen LogP contribution in [0.3, 0.4) is 0 Å². The molecule has 0 unspecified atom stereocenters. The van der Waals surface area contributed by atoms with Gasteiger partial charge in [0.05, 0.1) is 24.9 Å². The molecule has 5 nitrogen and oxygen atoms in total. The average molecular weight is 484 g/mol. The molecule has 0 bridgehead atoms. The van der Waals surface area contributed by atoms with Gasteiger partial charge in [-0.05, 0) is 48.0 Å². The number of fused-ring (bicyclic) bond motifs is 2. The minimum Gasteiger partial charge on any atom is -0.497 e. The summed E-state index contributed by atoms with van der Waals surface area (Å²) in [4.78, 5) is 28.9. The first-order chi connectivity index (χ1) is 16.4. The van der Waals surface area contributed by atoms with Crippen molar-refractivity contribution in [3.05, 3.63) is 94.8 Å². The van der Waals surface area contributed by atoms with Crippen LogP contribution in [0.4, 0.5) is 18.9 Å². The number of thioether (sulfide) groups is 1. The van der Waals surface area contributed by atoms with Crippen molar-refractivity contribution in [2.24, 2.45) is 0 Å². The molecule has 2 aliphatic rings. The van der Waals surface area contributed by atoms with E-state index in [1.54, 1.807) is 24.3 Å². The van der Waals surface area contributed by atoms with Crippen molar-refractivity contribution >= 4 is 29.3 Å². The maximum atomic E-state index is 14.5. The Labute approximate surface area is 198 Å². The second kappa shape index (κ2) is 8.39. The summed E-state index contributed by atoms with van der Waals surface area (Å²) in [7, 11) is 1.49. The Morgan fingerprint density at radius 2 is 1.82 bits per heavy atom. The number of ether oxygens (including phenoxy) is 1. The quantitative estimate of drug-likeness (QED) is 0.539. The maximum absolute atomic E-state index is 14.5. The molecule has 2 amide bonds. The lowest BCUT2D eigenvalue weighted by atomic mass is 10.0. The van der Waals surface area contributed by atoms with E-state index in [-0.39, 0.29) is 18.7 Å². The molecule has 2 aliphatic heterocycles. The van der Waals surface area contributed by atoms with Gasteiger partial charge in [-0.2, -0.15) is 0 Å². The molecule has 0 N–H and O–H groups in total. The van der Waals surface area contributed by atoms with Crippen LogP contribution in [-0.4, -0.2) is 36.1 Å². The predicted molar refractivity (Wildman–Crippen MR) is 122 cm³/mol. The summed E-state index contributed by atoms with van der Waals surface area (Å²) in [6.07, 6.45) is 0. The van der Waals surface area contributed by atoms with Gasteiger partial charge in [-0.3, -0.25) is 9.59 Å². The van der Waals surface area contributed by atoms with Crippen LogP contribution in [0.1, 0.15) is 21.5 Å². The van der Waals surface area contributed by atoms with E-state index in [9.17, 15) is 22.8 Å². The van der Waals surface area contributed by atoms with E-state index in [0.29, 0.717) is 28.3 Å². The minimum absolute atomic E-state index is 0.0284. The SMILES string of the molecule is COc1ccc2c(c1)[C@]1(SCCN1C(=O)c1ccccc1F)C(=O)N2Cc1ccc(F)c(F)c1. The van der Waals surface area contributed by atoms with E-state index in [4.69, 9.17) is 4.74 Å². The summed E-state index contributed by atoms with van der Waals surface area (Å²) in [5.74, 6) is -2.72. The number of amides is 2. The monoisotopic (exact) mass is 484 g/mol. The lowest BCUT2D eigenvalue weighted by Crippen LogP contribution is -2.50. The second-order valence-corrected chi connectivity index (χ2v) is 9.24. The van der Waals surface area contributed by atoms with Gasteiger partial charge in [-0.1, -0.05) is 18.2 Å². The van der Waals surface area contributed by atoms with E-state index in [2.05, 4.69) is 0 Å². The Morgan fingerprint density at radius 3 is 2.56 bits per heavy atom. The summed E-state index contributed by atoms with van der Waals surface area (Å²) >= 11 is 1.28. The average Bonchev–Trinajstić information content (AvgIpc) is 3.38. The van der Waals surface area contributed by atoms with Crippen molar-refractivity contribution in [3.8, 4) is 5.75 Å². The summed E-state index contributed by atoms with van der Waals surface area (Å²) in [6.45, 7) is 0.207. The van der Waals surface area contributed by atoms with Crippen LogP contribution >= 0.6 is 11.8 Å². The zero-order valence-corrected chi connectivity index (χ0v) is 18.9. The van der Waals surface area contributed by atoms with Crippen molar-refractivity contribution in [1.29, 1.82) is 0 Å². The fourth-order valence-corrected chi connectivity index (χ4v) is 5.93. The molecule has 0 saturated carbocycles. The number of nitrogens with zero attached hydrogens (tertiary/aromatic N) is 2. The molecule has 1 atom stereocenters. The van der Waals surface area contributed by atoms with E-state index in [1.165, 1.54) is 52.9 Å². The molecule has 9 heteroatoms. The van der Waals surface area contributed by atoms with Crippen molar-refractivity contribution in [3.63, 3.8) is 0 Å². The third kappa shape index (κ3) is 3.34. The molecule has 2 heterocycles. The Bertz CT molecular complexity index is 1320. The molecule has 0 aliphatic carbocycles. The molecular formula is C25H19F3N2O3S. The first kappa shape index (κ1) is 22.3. The first-order valence-electron chi connectivity index (χ1n) is 10.5. The Kier molecular flexibility index (Phi) is 5.51. The highest BCUT2D eigenvalue weighted by atomic mass is 32.2. The van der Waals surface area contributed by atoms with Crippen LogP contribution in [0.15, 0.2) is 60.7 Å². The minimum atomic E-state index is -1.43. The van der Waals surface area contributed by atoms with Crippen LogP contribution in [0.5, 0.6) is 5.75 Å². The van der Waals surface area contributed by atoms with Gasteiger partial charge in [0.2, 0.25) is 0 Å². The number of carbonyl (C=O) groups is 2. The van der Waals surface area contributed by atoms with Gasteiger partial charge in [-0.15, -0.1) is 11.8 Å². The fraction of sp³-hybridized carbons (Fsp3) is 0.200. The number of halogens is 3. The van der Waals surface area contributed by atoms with Crippen molar-refractivity contribution in [2.45, 2.75) is 11.4 Å². The topological polar surface area (TPSA) is 49.9 Å². The fourth-order valence-electron chi connectivity index (χ4n) is 4.48. The molecule has 5 rings (SSSR count). The van der Waals surface area contributed by atoms with E-state index in [0.717, 1.165) is 12.1 Å². The molecule has 1 fully saturated rings. The molecular weight excluding hydrogens is 465 g/mol. The molecule has 34 heavy (non-hydrogen) atoms. The van der Waals surface area contributed by atoms with E-state index >= 15 is 0 Å². The normalized spacial score (nSPS) is 19.1. The maximum Gasteiger partial charge on any atom is 0.268 e. The number of hydrogen-bond acceptors (Lipinski definition) is 4. The molecule has 0 radical (unpaired) electrons. The lowest BCUT2D eigenvalue weighted by molar-refractivity contribution is -0.123. The van der Waals surface area contributed by atoms with Crippen molar-refractivity contribution < 1.29 is 27.5 Å². The molecule has 1 saturated heterocycles. The van der Waals surface area contributed by atoms with Crippen molar-refractivity contribution in [2.75, 3.05) is 24.3 Å². The number of benzene rings is 3. The van der Waals surface area contributed by atoms with Gasteiger partial charge >= 0.3 is 0 Å². The summed E-state index contributed by atoms with van der Waals surface area (Å²) in [5.41, 5.74) is 1.32. The van der Waals surface area contributed by atoms with Crippen molar-refractivity contribution in [1.82, 2.24) is 4.90 Å². The third-order valence-corrected chi connectivity index (χ3v) is 7.49. The smallest absolute Gasteiger partial charge is 0.268 e. The number of rotatable bonds is 4. The van der Waals surface area contributed by atoms with Crippen LogP contribution in [0.25, 0.3) is 0 Å². The zero-order valence-electron chi connectivity index (χ0n) is 18.1. The van der Waals surface area contributed by atoms with Gasteiger partial charge in [0, 0.05) is 17.9 Å². The number of hydrogen-bond donors (Lipinski definition) is 0. The largest absolute Gasteiger partial charge is 0.497 e. The second-order valence-electron chi connectivity index (χ2n) is 7.95. The molecule has 0 aromatic heterocycles. The Hall–Kier alpha value is -3.46. The highest BCUT2D eigenvalue weighted by Crippen LogP contribution is 2.55. The highest BCUT2D eigenvalue weighted by Gasteiger charge is 2.59.